The Morgan fingerprint density at radius 3 is 2.41 bits per heavy atom. The van der Waals surface area contributed by atoms with Crippen molar-refractivity contribution < 1.29 is 24.3 Å². The van der Waals surface area contributed by atoms with Crippen LogP contribution in [-0.4, -0.2) is 51.7 Å². The van der Waals surface area contributed by atoms with Crippen LogP contribution in [0.1, 0.15) is 64.5 Å². The zero-order chi connectivity index (χ0) is 20.9. The number of rotatable bonds is 3. The number of benzene rings is 1. The number of amides is 2. The average Bonchev–Trinajstić information content (AvgIpc) is 3.20. The lowest BCUT2D eigenvalue weighted by Crippen LogP contribution is -2.47. The summed E-state index contributed by atoms with van der Waals surface area (Å²) in [5.41, 5.74) is 0.366. The quantitative estimate of drug-likeness (QED) is 0.783. The second-order valence-corrected chi connectivity index (χ2v) is 9.26. The van der Waals surface area contributed by atoms with Gasteiger partial charge in [0, 0.05) is 11.6 Å². The molecule has 0 aromatic heterocycles. The molecular formula is C22H30N2O5. The Bertz CT molecular complexity index is 812. The van der Waals surface area contributed by atoms with Crippen molar-refractivity contribution in [2.75, 3.05) is 7.11 Å². The van der Waals surface area contributed by atoms with Crippen LogP contribution in [0.4, 0.5) is 0 Å². The summed E-state index contributed by atoms with van der Waals surface area (Å²) in [5, 5.41) is 11.8. The van der Waals surface area contributed by atoms with E-state index in [-0.39, 0.29) is 23.6 Å². The summed E-state index contributed by atoms with van der Waals surface area (Å²) in [6, 6.07) is 4.61. The third-order valence-electron chi connectivity index (χ3n) is 6.30. The summed E-state index contributed by atoms with van der Waals surface area (Å²) in [6.07, 6.45) is 4.20. The molecule has 4 rings (SSSR count). The Morgan fingerprint density at radius 1 is 1.10 bits per heavy atom. The number of methoxy groups -OCH3 is 1. The highest BCUT2D eigenvalue weighted by Gasteiger charge is 2.62. The van der Waals surface area contributed by atoms with Crippen molar-refractivity contribution in [1.82, 2.24) is 9.96 Å². The van der Waals surface area contributed by atoms with Crippen LogP contribution >= 0.6 is 0 Å². The van der Waals surface area contributed by atoms with E-state index >= 15 is 0 Å². The number of hydrogen-bond acceptors (Lipinski definition) is 6. The van der Waals surface area contributed by atoms with Crippen LogP contribution in [0, 0.1) is 5.92 Å². The molecule has 3 unspecified atom stereocenters. The van der Waals surface area contributed by atoms with E-state index in [1.165, 1.54) is 12.0 Å². The molecule has 7 nitrogen and oxygen atoms in total. The molecule has 1 N–H and O–H groups in total. The van der Waals surface area contributed by atoms with E-state index in [2.05, 4.69) is 0 Å². The Labute approximate surface area is 171 Å². The lowest BCUT2D eigenvalue weighted by molar-refractivity contribution is -0.216. The van der Waals surface area contributed by atoms with Crippen molar-refractivity contribution in [1.29, 1.82) is 0 Å². The van der Waals surface area contributed by atoms with E-state index < -0.39 is 23.6 Å². The molecule has 1 aliphatic carbocycles. The number of likely N-dealkylation sites (tertiary alicyclic amines) is 1. The summed E-state index contributed by atoms with van der Waals surface area (Å²) < 4.78 is 5.27. The summed E-state index contributed by atoms with van der Waals surface area (Å²) in [4.78, 5) is 34.3. The molecule has 158 valence electrons. The van der Waals surface area contributed by atoms with E-state index in [0.29, 0.717) is 5.75 Å². The molecule has 1 aromatic carbocycles. The van der Waals surface area contributed by atoms with E-state index in [1.54, 1.807) is 23.3 Å². The van der Waals surface area contributed by atoms with Crippen molar-refractivity contribution in [3.8, 4) is 11.5 Å². The predicted octanol–water partition coefficient (Wildman–Crippen LogP) is 3.17. The van der Waals surface area contributed by atoms with E-state index in [9.17, 15) is 14.7 Å². The number of hydroxylamine groups is 2. The number of phenols is 1. The SMILES string of the molecule is COc1cc(C2C3C(=O)N(C4CCCCC4)C(=O)C3ON2C(C)(C)C)ccc1O. The van der Waals surface area contributed by atoms with Crippen molar-refractivity contribution in [3.63, 3.8) is 0 Å². The van der Waals surface area contributed by atoms with Crippen molar-refractivity contribution >= 4 is 11.8 Å². The van der Waals surface area contributed by atoms with Crippen LogP contribution < -0.4 is 4.74 Å². The predicted molar refractivity (Wildman–Crippen MR) is 106 cm³/mol. The standard InChI is InChI=1S/C22H30N2O5/c1-22(2,3)24-18(13-10-11-15(25)16(12-13)28-4)17-19(29-24)21(27)23(20(17)26)14-8-6-5-7-9-14/h10-12,14,17-19,25H,5-9H2,1-4H3. The van der Waals surface area contributed by atoms with E-state index in [4.69, 9.17) is 9.57 Å². The minimum absolute atomic E-state index is 0.0176. The molecule has 2 amide bonds. The Morgan fingerprint density at radius 2 is 1.79 bits per heavy atom. The maximum Gasteiger partial charge on any atom is 0.261 e. The van der Waals surface area contributed by atoms with Gasteiger partial charge in [0.2, 0.25) is 5.91 Å². The fourth-order valence-corrected chi connectivity index (χ4v) is 4.93. The number of hydrogen-bond donors (Lipinski definition) is 1. The molecule has 3 aliphatic rings. The van der Waals surface area contributed by atoms with Gasteiger partial charge in [-0.2, -0.15) is 5.06 Å². The van der Waals surface area contributed by atoms with Crippen LogP contribution in [-0.2, 0) is 14.4 Å². The highest BCUT2D eigenvalue weighted by atomic mass is 16.7. The smallest absolute Gasteiger partial charge is 0.261 e. The van der Waals surface area contributed by atoms with Crippen molar-refractivity contribution in [3.05, 3.63) is 23.8 Å². The lowest BCUT2D eigenvalue weighted by Gasteiger charge is -2.38. The second-order valence-electron chi connectivity index (χ2n) is 9.26. The van der Waals surface area contributed by atoms with Gasteiger partial charge in [0.25, 0.3) is 5.91 Å². The van der Waals surface area contributed by atoms with E-state index in [0.717, 1.165) is 37.7 Å². The number of phenolic OH excluding ortho intramolecular Hbond substituents is 1. The fraction of sp³-hybridized carbons (Fsp3) is 0.636. The molecule has 0 radical (unpaired) electrons. The monoisotopic (exact) mass is 402 g/mol. The molecule has 1 saturated carbocycles. The molecule has 7 heteroatoms. The number of carbonyl (C=O) groups excluding carboxylic acids is 2. The van der Waals surface area contributed by atoms with Gasteiger partial charge in [-0.1, -0.05) is 25.3 Å². The van der Waals surface area contributed by atoms with Crippen LogP contribution in [0.3, 0.4) is 0 Å². The number of imide groups is 1. The second kappa shape index (κ2) is 7.29. The fourth-order valence-electron chi connectivity index (χ4n) is 4.93. The van der Waals surface area contributed by atoms with Crippen LogP contribution in [0.25, 0.3) is 0 Å². The Kier molecular flexibility index (Phi) is 5.07. The molecule has 2 aliphatic heterocycles. The molecule has 3 atom stereocenters. The summed E-state index contributed by atoms with van der Waals surface area (Å²) >= 11 is 0. The van der Waals surface area contributed by atoms with Gasteiger partial charge >= 0.3 is 0 Å². The van der Waals surface area contributed by atoms with Crippen LogP contribution in [0.5, 0.6) is 11.5 Å². The zero-order valence-corrected chi connectivity index (χ0v) is 17.6. The molecule has 2 saturated heterocycles. The number of ether oxygens (including phenoxy) is 1. The van der Waals surface area contributed by atoms with E-state index in [1.807, 2.05) is 20.8 Å². The summed E-state index contributed by atoms with van der Waals surface area (Å²) in [7, 11) is 1.49. The third kappa shape index (κ3) is 3.30. The zero-order valence-electron chi connectivity index (χ0n) is 17.6. The molecule has 29 heavy (non-hydrogen) atoms. The topological polar surface area (TPSA) is 79.3 Å². The first-order chi connectivity index (χ1) is 13.7. The molecule has 3 fully saturated rings. The van der Waals surface area contributed by atoms with Crippen molar-refractivity contribution in [2.45, 2.75) is 76.6 Å². The lowest BCUT2D eigenvalue weighted by atomic mass is 9.88. The molecule has 0 bridgehead atoms. The number of aromatic hydroxyl groups is 1. The van der Waals surface area contributed by atoms with Gasteiger partial charge < -0.3 is 9.84 Å². The molecule has 2 heterocycles. The number of fused-ring (bicyclic) bond motifs is 1. The number of nitrogens with zero attached hydrogens (tertiary/aromatic N) is 2. The van der Waals surface area contributed by atoms with Gasteiger partial charge in [0.15, 0.2) is 17.6 Å². The first kappa shape index (κ1) is 20.2. The molecular weight excluding hydrogens is 372 g/mol. The first-order valence-electron chi connectivity index (χ1n) is 10.4. The molecule has 1 aromatic rings. The highest BCUT2D eigenvalue weighted by Crippen LogP contribution is 2.49. The summed E-state index contributed by atoms with van der Waals surface area (Å²) in [6.45, 7) is 5.98. The maximum atomic E-state index is 13.5. The maximum absolute atomic E-state index is 13.5. The van der Waals surface area contributed by atoms with Gasteiger partial charge in [0.05, 0.1) is 19.1 Å². The van der Waals surface area contributed by atoms with Gasteiger partial charge in [-0.25, -0.2) is 0 Å². The van der Waals surface area contributed by atoms with Gasteiger partial charge in [-0.05, 0) is 51.3 Å². The van der Waals surface area contributed by atoms with Crippen LogP contribution in [0.2, 0.25) is 0 Å². The largest absolute Gasteiger partial charge is 0.504 e. The number of carbonyl (C=O) groups is 2. The summed E-state index contributed by atoms with van der Waals surface area (Å²) in [5.74, 6) is -0.588. The van der Waals surface area contributed by atoms with Crippen molar-refractivity contribution in [2.24, 2.45) is 5.92 Å². The normalized spacial score (nSPS) is 28.8. The minimum Gasteiger partial charge on any atom is -0.504 e. The minimum atomic E-state index is -0.798. The Balaban J connectivity index is 1.73. The molecule has 0 spiro atoms. The highest BCUT2D eigenvalue weighted by molar-refractivity contribution is 6.07. The Hall–Kier alpha value is -2.12. The average molecular weight is 402 g/mol. The third-order valence-corrected chi connectivity index (χ3v) is 6.30. The van der Waals surface area contributed by atoms with Gasteiger partial charge in [-0.15, -0.1) is 0 Å². The van der Waals surface area contributed by atoms with Crippen LogP contribution in [0.15, 0.2) is 18.2 Å². The van der Waals surface area contributed by atoms with Gasteiger partial charge in [-0.3, -0.25) is 19.3 Å². The first-order valence-corrected chi connectivity index (χ1v) is 10.4. The van der Waals surface area contributed by atoms with Gasteiger partial charge in [0.1, 0.15) is 0 Å².